The quantitative estimate of drug-likeness (QED) is 0.394. The van der Waals surface area contributed by atoms with Crippen molar-refractivity contribution in [2.45, 2.75) is 12.5 Å². The molecule has 0 spiro atoms. The molecular formula is C24H20N2O5S. The number of thiazole rings is 1. The van der Waals surface area contributed by atoms with E-state index in [1.54, 1.807) is 54.7 Å². The first kappa shape index (κ1) is 21.3. The van der Waals surface area contributed by atoms with E-state index in [1.807, 2.05) is 24.3 Å². The van der Waals surface area contributed by atoms with Crippen molar-refractivity contribution >= 4 is 17.3 Å². The number of hydrogen-bond acceptors (Lipinski definition) is 7. The summed E-state index contributed by atoms with van der Waals surface area (Å²) in [6, 6.07) is 21.4. The highest BCUT2D eigenvalue weighted by atomic mass is 32.1. The Hall–Kier alpha value is -3.91. The van der Waals surface area contributed by atoms with E-state index in [1.165, 1.54) is 0 Å². The molecule has 0 bridgehead atoms. The SMILES string of the molecule is O=C(OC(COc1ccc(Cc2sc(=O)[nH]c2O)cc1)c1ccccn1)c1ccccc1. The molecule has 0 saturated heterocycles. The monoisotopic (exact) mass is 448 g/mol. The molecule has 162 valence electrons. The summed E-state index contributed by atoms with van der Waals surface area (Å²) in [6.07, 6.45) is 1.39. The van der Waals surface area contributed by atoms with E-state index in [2.05, 4.69) is 9.97 Å². The Bertz CT molecular complexity index is 1220. The Kier molecular flexibility index (Phi) is 6.62. The number of aromatic nitrogens is 2. The van der Waals surface area contributed by atoms with Gasteiger partial charge in [-0.2, -0.15) is 0 Å². The molecule has 2 aromatic carbocycles. The minimum atomic E-state index is -0.683. The Morgan fingerprint density at radius 2 is 1.78 bits per heavy atom. The summed E-state index contributed by atoms with van der Waals surface area (Å²) in [4.78, 5) is 30.8. The fourth-order valence-electron chi connectivity index (χ4n) is 3.05. The number of hydrogen-bond donors (Lipinski definition) is 2. The van der Waals surface area contributed by atoms with Crippen LogP contribution in [0.25, 0.3) is 0 Å². The van der Waals surface area contributed by atoms with Crippen LogP contribution in [0.2, 0.25) is 0 Å². The van der Waals surface area contributed by atoms with E-state index in [0.717, 1.165) is 16.9 Å². The van der Waals surface area contributed by atoms with Crippen LogP contribution in [0.5, 0.6) is 11.6 Å². The zero-order valence-electron chi connectivity index (χ0n) is 16.9. The van der Waals surface area contributed by atoms with Crippen LogP contribution in [0.3, 0.4) is 0 Å². The molecule has 4 aromatic rings. The molecule has 2 N–H and O–H groups in total. The van der Waals surface area contributed by atoms with E-state index in [4.69, 9.17) is 9.47 Å². The minimum Gasteiger partial charge on any atom is -0.494 e. The number of carbonyl (C=O) groups excluding carboxylic acids is 1. The molecule has 0 saturated carbocycles. The Balaban J connectivity index is 1.43. The summed E-state index contributed by atoms with van der Waals surface area (Å²) in [5.74, 6) is 0.0428. The second kappa shape index (κ2) is 9.93. The van der Waals surface area contributed by atoms with Gasteiger partial charge in [-0.15, -0.1) is 0 Å². The first-order valence-electron chi connectivity index (χ1n) is 9.88. The summed E-state index contributed by atoms with van der Waals surface area (Å²) in [5, 5.41) is 9.74. The second-order valence-electron chi connectivity index (χ2n) is 6.93. The number of rotatable bonds is 8. The van der Waals surface area contributed by atoms with Crippen molar-refractivity contribution in [2.24, 2.45) is 0 Å². The first-order valence-corrected chi connectivity index (χ1v) is 10.7. The number of ether oxygens (including phenoxy) is 2. The van der Waals surface area contributed by atoms with Crippen LogP contribution >= 0.6 is 11.3 Å². The molecule has 0 amide bonds. The fraction of sp³-hybridized carbons (Fsp3) is 0.125. The van der Waals surface area contributed by atoms with Crippen LogP contribution in [0.15, 0.2) is 83.8 Å². The largest absolute Gasteiger partial charge is 0.494 e. The summed E-state index contributed by atoms with van der Waals surface area (Å²) >= 11 is 0.981. The molecule has 1 atom stereocenters. The van der Waals surface area contributed by atoms with Gasteiger partial charge in [0.25, 0.3) is 0 Å². The number of aromatic hydroxyl groups is 1. The van der Waals surface area contributed by atoms with Gasteiger partial charge in [0.2, 0.25) is 5.88 Å². The van der Waals surface area contributed by atoms with Gasteiger partial charge < -0.3 is 14.6 Å². The number of benzene rings is 2. The summed E-state index contributed by atoms with van der Waals surface area (Å²) in [5.41, 5.74) is 1.96. The van der Waals surface area contributed by atoms with Crippen molar-refractivity contribution in [1.82, 2.24) is 9.97 Å². The number of aromatic amines is 1. The lowest BCUT2D eigenvalue weighted by Gasteiger charge is -2.18. The molecular weight excluding hydrogens is 428 g/mol. The van der Waals surface area contributed by atoms with Gasteiger partial charge in [0.1, 0.15) is 12.4 Å². The maximum atomic E-state index is 12.5. The molecule has 4 rings (SSSR count). The molecule has 0 fully saturated rings. The molecule has 7 nitrogen and oxygen atoms in total. The highest BCUT2D eigenvalue weighted by Gasteiger charge is 2.20. The van der Waals surface area contributed by atoms with Gasteiger partial charge in [-0.3, -0.25) is 14.8 Å². The smallest absolute Gasteiger partial charge is 0.338 e. The van der Waals surface area contributed by atoms with Crippen molar-refractivity contribution in [3.63, 3.8) is 0 Å². The summed E-state index contributed by atoms with van der Waals surface area (Å²) < 4.78 is 11.5. The van der Waals surface area contributed by atoms with E-state index in [0.29, 0.717) is 28.3 Å². The molecule has 0 aliphatic rings. The maximum absolute atomic E-state index is 12.5. The lowest BCUT2D eigenvalue weighted by atomic mass is 10.1. The number of nitrogens with zero attached hydrogens (tertiary/aromatic N) is 1. The third kappa shape index (κ3) is 5.41. The van der Waals surface area contributed by atoms with Crippen LogP contribution < -0.4 is 9.61 Å². The van der Waals surface area contributed by atoms with E-state index in [-0.39, 0.29) is 17.4 Å². The van der Waals surface area contributed by atoms with Gasteiger partial charge in [0.05, 0.1) is 16.1 Å². The van der Waals surface area contributed by atoms with Crippen LogP contribution in [0.1, 0.15) is 32.6 Å². The molecule has 1 unspecified atom stereocenters. The van der Waals surface area contributed by atoms with Gasteiger partial charge in [-0.05, 0) is 42.0 Å². The first-order chi connectivity index (χ1) is 15.6. The van der Waals surface area contributed by atoms with Crippen LogP contribution in [-0.2, 0) is 11.2 Å². The molecule has 2 heterocycles. The van der Waals surface area contributed by atoms with Crippen LogP contribution in [0.4, 0.5) is 0 Å². The Morgan fingerprint density at radius 1 is 1.03 bits per heavy atom. The summed E-state index contributed by atoms with van der Waals surface area (Å²) in [6.45, 7) is 0.0924. The van der Waals surface area contributed by atoms with Gasteiger partial charge in [-0.25, -0.2) is 4.79 Å². The van der Waals surface area contributed by atoms with Crippen molar-refractivity contribution in [2.75, 3.05) is 6.61 Å². The third-order valence-electron chi connectivity index (χ3n) is 4.67. The zero-order valence-corrected chi connectivity index (χ0v) is 17.7. The average Bonchev–Trinajstić information content (AvgIpc) is 3.15. The average molecular weight is 449 g/mol. The fourth-order valence-corrected chi connectivity index (χ4v) is 3.81. The highest BCUT2D eigenvalue weighted by Crippen LogP contribution is 2.23. The Labute approximate surface area is 187 Å². The zero-order chi connectivity index (χ0) is 22.3. The molecule has 0 aliphatic carbocycles. The number of esters is 1. The van der Waals surface area contributed by atoms with Crippen molar-refractivity contribution in [3.05, 3.63) is 110 Å². The van der Waals surface area contributed by atoms with Gasteiger partial charge in [0.15, 0.2) is 6.10 Å². The van der Waals surface area contributed by atoms with Crippen LogP contribution in [-0.4, -0.2) is 27.7 Å². The van der Waals surface area contributed by atoms with E-state index >= 15 is 0 Å². The highest BCUT2D eigenvalue weighted by molar-refractivity contribution is 7.09. The lowest BCUT2D eigenvalue weighted by molar-refractivity contribution is 0.0156. The third-order valence-corrected chi connectivity index (χ3v) is 5.54. The molecule has 32 heavy (non-hydrogen) atoms. The van der Waals surface area contributed by atoms with E-state index in [9.17, 15) is 14.7 Å². The maximum Gasteiger partial charge on any atom is 0.338 e. The predicted octanol–water partition coefficient (Wildman–Crippen LogP) is 4.10. The van der Waals surface area contributed by atoms with E-state index < -0.39 is 12.1 Å². The van der Waals surface area contributed by atoms with Crippen molar-refractivity contribution < 1.29 is 19.4 Å². The van der Waals surface area contributed by atoms with Crippen molar-refractivity contribution in [1.29, 1.82) is 0 Å². The van der Waals surface area contributed by atoms with Gasteiger partial charge in [-0.1, -0.05) is 47.7 Å². The molecule has 0 radical (unpaired) electrons. The topological polar surface area (TPSA) is 102 Å². The number of H-pyrrole nitrogens is 1. The van der Waals surface area contributed by atoms with Gasteiger partial charge in [0, 0.05) is 12.6 Å². The lowest BCUT2D eigenvalue weighted by Crippen LogP contribution is -2.19. The number of nitrogens with one attached hydrogen (secondary N) is 1. The normalized spacial score (nSPS) is 11.6. The predicted molar refractivity (Wildman–Crippen MR) is 120 cm³/mol. The van der Waals surface area contributed by atoms with Gasteiger partial charge >= 0.3 is 10.8 Å². The Morgan fingerprint density at radius 3 is 2.44 bits per heavy atom. The molecule has 0 aliphatic heterocycles. The molecule has 2 aromatic heterocycles. The molecule has 8 heteroatoms. The standard InChI is InChI=1S/C24H20N2O5S/c27-22-21(32-24(29)26-22)14-16-9-11-18(12-10-16)30-15-20(19-8-4-5-13-25-19)31-23(28)17-6-2-1-3-7-17/h1-13,20,27H,14-15H2,(H,26,29). The van der Waals surface area contributed by atoms with Crippen LogP contribution in [0, 0.1) is 0 Å². The minimum absolute atomic E-state index is 0.0924. The second-order valence-corrected chi connectivity index (χ2v) is 8.00. The number of pyridine rings is 1. The number of carbonyl (C=O) groups is 1. The summed E-state index contributed by atoms with van der Waals surface area (Å²) in [7, 11) is 0. The van der Waals surface area contributed by atoms with Crippen molar-refractivity contribution in [3.8, 4) is 11.6 Å².